The highest BCUT2D eigenvalue weighted by Crippen LogP contribution is 2.27. The van der Waals surface area contributed by atoms with Gasteiger partial charge in [-0.1, -0.05) is 42.5 Å². The second-order valence-electron chi connectivity index (χ2n) is 5.97. The summed E-state index contributed by atoms with van der Waals surface area (Å²) < 4.78 is 54.4. The van der Waals surface area contributed by atoms with E-state index in [2.05, 4.69) is 0 Å². The number of hydrogen-bond acceptors (Lipinski definition) is 5. The summed E-state index contributed by atoms with van der Waals surface area (Å²) in [5.41, 5.74) is 0.00515. The van der Waals surface area contributed by atoms with Crippen LogP contribution in [0, 0.1) is 0 Å². The van der Waals surface area contributed by atoms with Gasteiger partial charge in [-0.25, -0.2) is 16.8 Å². The third kappa shape index (κ3) is 4.23. The van der Waals surface area contributed by atoms with Crippen LogP contribution in [0.4, 0.5) is 0 Å². The van der Waals surface area contributed by atoms with Crippen molar-refractivity contribution in [2.45, 2.75) is 29.2 Å². The molecule has 5 nitrogen and oxygen atoms in total. The minimum Gasteiger partial charge on any atom is -0.355 e. The molecule has 24 heavy (non-hydrogen) atoms. The first kappa shape index (κ1) is 18.6. The maximum absolute atomic E-state index is 12.6. The molecular weight excluding hydrogens is 348 g/mol. The van der Waals surface area contributed by atoms with Crippen LogP contribution in [0.15, 0.2) is 64.4 Å². The van der Waals surface area contributed by atoms with Gasteiger partial charge in [0.05, 0.1) is 15.4 Å². The summed E-state index contributed by atoms with van der Waals surface area (Å²) in [7, 11) is -7.57. The van der Waals surface area contributed by atoms with Gasteiger partial charge in [0.2, 0.25) is 9.84 Å². The highest BCUT2D eigenvalue weighted by Gasteiger charge is 2.28. The maximum atomic E-state index is 12.6. The summed E-state index contributed by atoms with van der Waals surface area (Å²) in [6, 6.07) is 14.8. The topological polar surface area (TPSA) is 77.5 Å². The Morgan fingerprint density at radius 2 is 1.33 bits per heavy atom. The SMILES string of the molecule is CC(C)(OCS(=O)(=O)c1ccccc1S(C)(=O)=O)c1ccccc1. The van der Waals surface area contributed by atoms with Crippen LogP contribution in [0.3, 0.4) is 0 Å². The van der Waals surface area contributed by atoms with E-state index in [0.29, 0.717) is 0 Å². The number of hydrogen-bond donors (Lipinski definition) is 0. The molecule has 0 spiro atoms. The second kappa shape index (κ2) is 6.66. The lowest BCUT2D eigenvalue weighted by Crippen LogP contribution is -2.26. The minimum absolute atomic E-state index is 0.217. The molecule has 0 radical (unpaired) electrons. The van der Waals surface area contributed by atoms with Gasteiger partial charge in [-0.2, -0.15) is 0 Å². The molecule has 7 heteroatoms. The van der Waals surface area contributed by atoms with Crippen molar-refractivity contribution in [2.75, 3.05) is 12.2 Å². The molecule has 2 aromatic rings. The van der Waals surface area contributed by atoms with Gasteiger partial charge in [-0.15, -0.1) is 0 Å². The van der Waals surface area contributed by atoms with E-state index in [1.807, 2.05) is 30.3 Å². The number of rotatable bonds is 6. The van der Waals surface area contributed by atoms with E-state index in [1.54, 1.807) is 13.8 Å². The molecule has 0 aliphatic rings. The van der Waals surface area contributed by atoms with Crippen molar-refractivity contribution >= 4 is 19.7 Å². The first-order valence-electron chi connectivity index (χ1n) is 7.25. The molecule has 2 rings (SSSR count). The van der Waals surface area contributed by atoms with E-state index in [9.17, 15) is 16.8 Å². The first-order valence-corrected chi connectivity index (χ1v) is 10.8. The van der Waals surface area contributed by atoms with E-state index < -0.39 is 31.2 Å². The monoisotopic (exact) mass is 368 g/mol. The zero-order valence-electron chi connectivity index (χ0n) is 13.8. The Kier molecular flexibility index (Phi) is 5.17. The van der Waals surface area contributed by atoms with Crippen molar-refractivity contribution in [1.82, 2.24) is 0 Å². The number of sulfone groups is 2. The molecule has 0 saturated heterocycles. The van der Waals surface area contributed by atoms with Gasteiger partial charge in [0.25, 0.3) is 0 Å². The van der Waals surface area contributed by atoms with Gasteiger partial charge in [0.1, 0.15) is 0 Å². The van der Waals surface area contributed by atoms with E-state index in [1.165, 1.54) is 24.3 Å². The van der Waals surface area contributed by atoms with Gasteiger partial charge >= 0.3 is 0 Å². The summed E-state index contributed by atoms with van der Waals surface area (Å²) in [6.45, 7) is 3.53. The first-order chi connectivity index (χ1) is 11.0. The smallest absolute Gasteiger partial charge is 0.203 e. The summed E-state index contributed by atoms with van der Waals surface area (Å²) in [4.78, 5) is -0.456. The van der Waals surface area contributed by atoms with Crippen molar-refractivity contribution in [2.24, 2.45) is 0 Å². The molecule has 0 N–H and O–H groups in total. The maximum Gasteiger partial charge on any atom is 0.203 e. The Balaban J connectivity index is 2.31. The van der Waals surface area contributed by atoms with E-state index >= 15 is 0 Å². The van der Waals surface area contributed by atoms with Crippen LogP contribution in [-0.2, 0) is 30.0 Å². The summed E-state index contributed by atoms with van der Waals surface area (Å²) in [5.74, 6) is -0.610. The lowest BCUT2D eigenvalue weighted by molar-refractivity contribution is 0.00539. The van der Waals surface area contributed by atoms with Crippen LogP contribution in [0.1, 0.15) is 19.4 Å². The molecule has 0 unspecified atom stereocenters. The highest BCUT2D eigenvalue weighted by atomic mass is 32.2. The normalized spacial score (nSPS) is 13.0. The number of benzene rings is 2. The Morgan fingerprint density at radius 1 is 0.833 bits per heavy atom. The lowest BCUT2D eigenvalue weighted by Gasteiger charge is -2.26. The van der Waals surface area contributed by atoms with E-state index in [0.717, 1.165) is 11.8 Å². The zero-order chi connectivity index (χ0) is 18.0. The fourth-order valence-corrected chi connectivity index (χ4v) is 5.06. The van der Waals surface area contributed by atoms with Gasteiger partial charge in [-0.05, 0) is 31.5 Å². The van der Waals surface area contributed by atoms with Crippen LogP contribution in [0.25, 0.3) is 0 Å². The Labute approximate surface area is 143 Å². The van der Waals surface area contributed by atoms with Gasteiger partial charge in [0.15, 0.2) is 15.8 Å². The third-order valence-corrected chi connectivity index (χ3v) is 6.37. The average molecular weight is 368 g/mol. The van der Waals surface area contributed by atoms with Crippen molar-refractivity contribution in [1.29, 1.82) is 0 Å². The molecule has 0 aromatic heterocycles. The Bertz CT molecular complexity index is 914. The average Bonchev–Trinajstić information content (AvgIpc) is 2.53. The molecule has 0 aliphatic heterocycles. The Hall–Kier alpha value is -1.70. The molecule has 0 fully saturated rings. The standard InChI is InChI=1S/C17H20O5S2/c1-17(2,14-9-5-4-6-10-14)22-13-24(20,21)16-12-8-7-11-15(16)23(3,18)19/h4-12H,13H2,1-3H3. The summed E-state index contributed by atoms with van der Waals surface area (Å²) >= 11 is 0. The second-order valence-corrected chi connectivity index (χ2v) is 9.86. The van der Waals surface area contributed by atoms with E-state index in [-0.39, 0.29) is 9.79 Å². The van der Waals surface area contributed by atoms with Gasteiger partial charge in [0, 0.05) is 6.26 Å². The fourth-order valence-electron chi connectivity index (χ4n) is 2.22. The van der Waals surface area contributed by atoms with Crippen molar-refractivity contribution in [3.05, 3.63) is 60.2 Å². The molecular formula is C17H20O5S2. The third-order valence-electron chi connectivity index (χ3n) is 3.63. The van der Waals surface area contributed by atoms with Crippen LogP contribution in [0.2, 0.25) is 0 Å². The quantitative estimate of drug-likeness (QED) is 0.783. The zero-order valence-corrected chi connectivity index (χ0v) is 15.4. The van der Waals surface area contributed by atoms with Crippen molar-refractivity contribution in [3.63, 3.8) is 0 Å². The molecule has 0 bridgehead atoms. The molecule has 0 atom stereocenters. The predicted molar refractivity (Wildman–Crippen MR) is 92.2 cm³/mol. The molecule has 0 aliphatic carbocycles. The van der Waals surface area contributed by atoms with Gasteiger partial charge < -0.3 is 4.74 Å². The molecule has 0 heterocycles. The Morgan fingerprint density at radius 3 is 1.88 bits per heavy atom. The van der Waals surface area contributed by atoms with E-state index in [4.69, 9.17) is 4.74 Å². The largest absolute Gasteiger partial charge is 0.355 e. The van der Waals surface area contributed by atoms with Crippen molar-refractivity contribution in [3.8, 4) is 0 Å². The molecule has 0 saturated carbocycles. The highest BCUT2D eigenvalue weighted by molar-refractivity contribution is 7.94. The van der Waals surface area contributed by atoms with Crippen LogP contribution in [0.5, 0.6) is 0 Å². The fraction of sp³-hybridized carbons (Fsp3) is 0.294. The van der Waals surface area contributed by atoms with Gasteiger partial charge in [-0.3, -0.25) is 0 Å². The van der Waals surface area contributed by atoms with Crippen molar-refractivity contribution < 1.29 is 21.6 Å². The number of ether oxygens (including phenoxy) is 1. The molecule has 2 aromatic carbocycles. The molecule has 130 valence electrons. The molecule has 0 amide bonds. The summed E-state index contributed by atoms with van der Waals surface area (Å²) in [6.07, 6.45) is 0.982. The lowest BCUT2D eigenvalue weighted by atomic mass is 9.98. The minimum atomic E-state index is -3.92. The van der Waals surface area contributed by atoms with Crippen LogP contribution in [-0.4, -0.2) is 29.0 Å². The van der Waals surface area contributed by atoms with Crippen LogP contribution >= 0.6 is 0 Å². The van der Waals surface area contributed by atoms with Crippen LogP contribution < -0.4 is 0 Å². The predicted octanol–water partition coefficient (Wildman–Crippen LogP) is 2.77. The summed E-state index contributed by atoms with van der Waals surface area (Å²) in [5, 5.41) is 0.